The first kappa shape index (κ1) is 15.5. The highest BCUT2D eigenvalue weighted by atomic mass is 32.1. The SMILES string of the molecule is COC(=O)[C@@H]1CCCN1C(=O)[C@@H](C)NC(=O)c1cccs1. The second-order valence-electron chi connectivity index (χ2n) is 4.89. The van der Waals surface area contributed by atoms with Crippen LogP contribution in [0.15, 0.2) is 17.5 Å². The van der Waals surface area contributed by atoms with E-state index in [0.717, 1.165) is 6.42 Å². The highest BCUT2D eigenvalue weighted by molar-refractivity contribution is 7.12. The number of carbonyl (C=O) groups excluding carboxylic acids is 3. The lowest BCUT2D eigenvalue weighted by atomic mass is 10.2. The summed E-state index contributed by atoms with van der Waals surface area (Å²) < 4.78 is 4.72. The van der Waals surface area contributed by atoms with Gasteiger partial charge in [-0.1, -0.05) is 6.07 Å². The van der Waals surface area contributed by atoms with Gasteiger partial charge in [0.1, 0.15) is 12.1 Å². The number of likely N-dealkylation sites (tertiary alicyclic amines) is 1. The number of nitrogens with zero attached hydrogens (tertiary/aromatic N) is 1. The van der Waals surface area contributed by atoms with Gasteiger partial charge in [0.15, 0.2) is 0 Å². The normalized spacial score (nSPS) is 19.1. The molecule has 0 unspecified atom stereocenters. The summed E-state index contributed by atoms with van der Waals surface area (Å²) in [7, 11) is 1.31. The second kappa shape index (κ2) is 6.71. The number of rotatable bonds is 4. The zero-order chi connectivity index (χ0) is 15.4. The van der Waals surface area contributed by atoms with E-state index in [-0.39, 0.29) is 11.8 Å². The number of hydrogen-bond acceptors (Lipinski definition) is 5. The number of hydrogen-bond donors (Lipinski definition) is 1. The Morgan fingerprint density at radius 3 is 2.86 bits per heavy atom. The van der Waals surface area contributed by atoms with Crippen LogP contribution in [0.3, 0.4) is 0 Å². The molecule has 1 saturated heterocycles. The summed E-state index contributed by atoms with van der Waals surface area (Å²) in [5.74, 6) is -0.940. The molecule has 1 aliphatic rings. The molecule has 0 saturated carbocycles. The van der Waals surface area contributed by atoms with Gasteiger partial charge in [-0.2, -0.15) is 0 Å². The van der Waals surface area contributed by atoms with Crippen LogP contribution in [-0.4, -0.2) is 48.4 Å². The minimum absolute atomic E-state index is 0.257. The molecule has 1 N–H and O–H groups in total. The van der Waals surface area contributed by atoms with E-state index < -0.39 is 18.1 Å². The zero-order valence-electron chi connectivity index (χ0n) is 12.0. The van der Waals surface area contributed by atoms with Crippen LogP contribution in [0.5, 0.6) is 0 Å². The maximum Gasteiger partial charge on any atom is 0.328 e. The summed E-state index contributed by atoms with van der Waals surface area (Å²) in [6, 6.07) is 2.26. The molecule has 2 amide bonds. The van der Waals surface area contributed by atoms with Gasteiger partial charge in [-0.05, 0) is 31.2 Å². The standard InChI is InChI=1S/C14H18N2O4S/c1-9(15-12(17)11-6-4-8-21-11)13(18)16-7-3-5-10(16)14(19)20-2/h4,6,8-10H,3,5,7H2,1-2H3,(H,15,17)/t9-,10+/m1/s1. The van der Waals surface area contributed by atoms with Crippen LogP contribution < -0.4 is 5.32 Å². The Morgan fingerprint density at radius 1 is 1.48 bits per heavy atom. The molecule has 7 heteroatoms. The molecule has 2 heterocycles. The molecule has 1 aromatic heterocycles. The smallest absolute Gasteiger partial charge is 0.328 e. The van der Waals surface area contributed by atoms with E-state index in [2.05, 4.69) is 5.32 Å². The summed E-state index contributed by atoms with van der Waals surface area (Å²) in [6.07, 6.45) is 1.36. The van der Waals surface area contributed by atoms with E-state index in [1.54, 1.807) is 24.4 Å². The highest BCUT2D eigenvalue weighted by Crippen LogP contribution is 2.19. The first-order valence-corrected chi connectivity index (χ1v) is 7.65. The quantitative estimate of drug-likeness (QED) is 0.843. The molecule has 1 aromatic rings. The highest BCUT2D eigenvalue weighted by Gasteiger charge is 2.36. The fraction of sp³-hybridized carbons (Fsp3) is 0.500. The molecule has 0 radical (unpaired) electrons. The molecule has 1 fully saturated rings. The van der Waals surface area contributed by atoms with Crippen LogP contribution >= 0.6 is 11.3 Å². The molecular formula is C14H18N2O4S. The average Bonchev–Trinajstić information content (AvgIpc) is 3.16. The van der Waals surface area contributed by atoms with Crippen molar-refractivity contribution in [2.24, 2.45) is 0 Å². The Balaban J connectivity index is 1.98. The molecule has 0 aromatic carbocycles. The Hall–Kier alpha value is -1.89. The van der Waals surface area contributed by atoms with E-state index in [4.69, 9.17) is 4.74 Å². The average molecular weight is 310 g/mol. The minimum atomic E-state index is -0.676. The number of amides is 2. The molecular weight excluding hydrogens is 292 g/mol. The van der Waals surface area contributed by atoms with Gasteiger partial charge in [0.2, 0.25) is 5.91 Å². The van der Waals surface area contributed by atoms with Crippen molar-refractivity contribution >= 4 is 29.1 Å². The lowest BCUT2D eigenvalue weighted by Crippen LogP contribution is -2.50. The molecule has 21 heavy (non-hydrogen) atoms. The molecule has 0 spiro atoms. The van der Waals surface area contributed by atoms with Gasteiger partial charge in [0.05, 0.1) is 12.0 Å². The van der Waals surface area contributed by atoms with E-state index >= 15 is 0 Å². The largest absolute Gasteiger partial charge is 0.467 e. The van der Waals surface area contributed by atoms with Gasteiger partial charge in [0.25, 0.3) is 5.91 Å². The topological polar surface area (TPSA) is 75.7 Å². The van der Waals surface area contributed by atoms with Gasteiger partial charge < -0.3 is 15.0 Å². The number of ether oxygens (including phenoxy) is 1. The monoisotopic (exact) mass is 310 g/mol. The van der Waals surface area contributed by atoms with Gasteiger partial charge in [-0.3, -0.25) is 9.59 Å². The maximum atomic E-state index is 12.4. The van der Waals surface area contributed by atoms with Crippen LogP contribution in [0.4, 0.5) is 0 Å². The number of methoxy groups -OCH3 is 1. The number of nitrogens with one attached hydrogen (secondary N) is 1. The van der Waals surface area contributed by atoms with Gasteiger partial charge >= 0.3 is 5.97 Å². The minimum Gasteiger partial charge on any atom is -0.467 e. The van der Waals surface area contributed by atoms with Crippen molar-refractivity contribution in [2.45, 2.75) is 31.8 Å². The molecule has 2 rings (SSSR count). The van der Waals surface area contributed by atoms with E-state index in [1.165, 1.54) is 23.3 Å². The molecule has 0 aliphatic carbocycles. The summed E-state index contributed by atoms with van der Waals surface area (Å²) >= 11 is 1.31. The molecule has 2 atom stereocenters. The maximum absolute atomic E-state index is 12.4. The third-order valence-corrected chi connectivity index (χ3v) is 4.34. The van der Waals surface area contributed by atoms with E-state index in [9.17, 15) is 14.4 Å². The van der Waals surface area contributed by atoms with Gasteiger partial charge in [0, 0.05) is 6.54 Å². The summed E-state index contributed by atoms with van der Waals surface area (Å²) in [5, 5.41) is 4.47. The van der Waals surface area contributed by atoms with Crippen molar-refractivity contribution in [3.05, 3.63) is 22.4 Å². The van der Waals surface area contributed by atoms with Crippen molar-refractivity contribution < 1.29 is 19.1 Å². The predicted molar refractivity (Wildman–Crippen MR) is 78.0 cm³/mol. The van der Waals surface area contributed by atoms with Crippen molar-refractivity contribution in [1.29, 1.82) is 0 Å². The summed E-state index contributed by atoms with van der Waals surface area (Å²) in [5.41, 5.74) is 0. The van der Waals surface area contributed by atoms with Crippen molar-refractivity contribution in [3.63, 3.8) is 0 Å². The first-order valence-electron chi connectivity index (χ1n) is 6.77. The van der Waals surface area contributed by atoms with E-state index in [0.29, 0.717) is 17.8 Å². The first-order chi connectivity index (χ1) is 10.0. The zero-order valence-corrected chi connectivity index (χ0v) is 12.8. The van der Waals surface area contributed by atoms with E-state index in [1.807, 2.05) is 0 Å². The summed E-state index contributed by atoms with van der Waals surface area (Å²) in [4.78, 5) is 38.0. The molecule has 114 valence electrons. The molecule has 1 aliphatic heterocycles. The van der Waals surface area contributed by atoms with Crippen LogP contribution in [0.2, 0.25) is 0 Å². The predicted octanol–water partition coefficient (Wildman–Crippen LogP) is 1.03. The van der Waals surface area contributed by atoms with Gasteiger partial charge in [-0.25, -0.2) is 4.79 Å². The second-order valence-corrected chi connectivity index (χ2v) is 5.83. The fourth-order valence-corrected chi connectivity index (χ4v) is 3.02. The third-order valence-electron chi connectivity index (χ3n) is 3.47. The Morgan fingerprint density at radius 2 is 2.24 bits per heavy atom. The number of esters is 1. The van der Waals surface area contributed by atoms with Crippen LogP contribution in [-0.2, 0) is 14.3 Å². The van der Waals surface area contributed by atoms with Crippen molar-refractivity contribution in [2.75, 3.05) is 13.7 Å². The number of thiophene rings is 1. The molecule has 6 nitrogen and oxygen atoms in total. The van der Waals surface area contributed by atoms with Crippen LogP contribution in [0.1, 0.15) is 29.4 Å². The van der Waals surface area contributed by atoms with Crippen molar-refractivity contribution in [1.82, 2.24) is 10.2 Å². The van der Waals surface area contributed by atoms with Crippen LogP contribution in [0, 0.1) is 0 Å². The van der Waals surface area contributed by atoms with Crippen molar-refractivity contribution in [3.8, 4) is 0 Å². The molecule has 0 bridgehead atoms. The third kappa shape index (κ3) is 3.41. The Kier molecular flexibility index (Phi) is 4.95. The van der Waals surface area contributed by atoms with Gasteiger partial charge in [-0.15, -0.1) is 11.3 Å². The number of carbonyl (C=O) groups is 3. The Labute approximate surface area is 127 Å². The van der Waals surface area contributed by atoms with Crippen LogP contribution in [0.25, 0.3) is 0 Å². The lowest BCUT2D eigenvalue weighted by Gasteiger charge is -2.26. The lowest BCUT2D eigenvalue weighted by molar-refractivity contribution is -0.151. The fourth-order valence-electron chi connectivity index (χ4n) is 2.40. The Bertz CT molecular complexity index is 529. The summed E-state index contributed by atoms with van der Waals surface area (Å²) in [6.45, 7) is 2.14.